The molecule has 0 aliphatic carbocycles. The van der Waals surface area contributed by atoms with Crippen LogP contribution in [0.2, 0.25) is 0 Å². The monoisotopic (exact) mass is 191 g/mol. The fourth-order valence-corrected chi connectivity index (χ4v) is 2.85. The maximum absolute atomic E-state index is 4.34. The summed E-state index contributed by atoms with van der Waals surface area (Å²) >= 11 is 3.47. The molecule has 0 radical (unpaired) electrons. The lowest BCUT2D eigenvalue weighted by atomic mass is 10.2. The van der Waals surface area contributed by atoms with E-state index in [1.807, 2.05) is 5.51 Å². The molecule has 0 atom stereocenters. The van der Waals surface area contributed by atoms with E-state index in [1.165, 1.54) is 14.8 Å². The number of aromatic nitrogens is 1. The Morgan fingerprint density at radius 2 is 1.92 bits per heavy atom. The predicted molar refractivity (Wildman–Crippen MR) is 55.0 cm³/mol. The molecule has 3 rings (SSSR count). The van der Waals surface area contributed by atoms with Crippen molar-refractivity contribution in [2.75, 3.05) is 0 Å². The summed E-state index contributed by atoms with van der Waals surface area (Å²) in [6.45, 7) is 0. The largest absolute Gasteiger partial charge is 0.244 e. The quantitative estimate of drug-likeness (QED) is 0.530. The first kappa shape index (κ1) is 6.57. The van der Waals surface area contributed by atoms with Gasteiger partial charge in [0.05, 0.1) is 15.7 Å². The van der Waals surface area contributed by atoms with Gasteiger partial charge in [-0.15, -0.1) is 22.7 Å². The molecule has 0 aliphatic heterocycles. The van der Waals surface area contributed by atoms with E-state index in [9.17, 15) is 0 Å². The van der Waals surface area contributed by atoms with E-state index in [0.717, 1.165) is 5.52 Å². The molecule has 58 valence electrons. The predicted octanol–water partition coefficient (Wildman–Crippen LogP) is 3.51. The van der Waals surface area contributed by atoms with Crippen molar-refractivity contribution < 1.29 is 0 Å². The van der Waals surface area contributed by atoms with Crippen LogP contribution in [0.1, 0.15) is 0 Å². The third kappa shape index (κ3) is 0.750. The zero-order valence-corrected chi connectivity index (χ0v) is 7.78. The summed E-state index contributed by atoms with van der Waals surface area (Å²) in [6, 6.07) is 6.45. The Hall–Kier alpha value is -0.930. The molecule has 0 N–H and O–H groups in total. The first-order valence-electron chi connectivity index (χ1n) is 3.64. The van der Waals surface area contributed by atoms with E-state index >= 15 is 0 Å². The molecule has 2 aromatic heterocycles. The second-order valence-corrected chi connectivity index (χ2v) is 4.43. The summed E-state index contributed by atoms with van der Waals surface area (Å²) in [4.78, 5) is 4.34. The summed E-state index contributed by atoms with van der Waals surface area (Å²) in [5.41, 5.74) is 3.06. The molecular weight excluding hydrogens is 186 g/mol. The highest BCUT2D eigenvalue weighted by Gasteiger charge is 2.02. The fraction of sp³-hybridized carbons (Fsp3) is 0. The van der Waals surface area contributed by atoms with E-state index < -0.39 is 0 Å². The Balaban J connectivity index is 2.71. The first-order valence-corrected chi connectivity index (χ1v) is 5.40. The molecule has 0 fully saturated rings. The Morgan fingerprint density at radius 3 is 2.92 bits per heavy atom. The van der Waals surface area contributed by atoms with E-state index in [4.69, 9.17) is 0 Å². The molecule has 0 amide bonds. The van der Waals surface area contributed by atoms with Crippen molar-refractivity contribution in [1.29, 1.82) is 0 Å². The molecule has 0 unspecified atom stereocenters. The van der Waals surface area contributed by atoms with Gasteiger partial charge < -0.3 is 0 Å². The number of benzene rings is 1. The SMILES string of the molecule is c1cc2c(ccc3scnc32)s1. The summed E-state index contributed by atoms with van der Waals surface area (Å²) in [6.07, 6.45) is 0. The highest BCUT2D eigenvalue weighted by Crippen LogP contribution is 2.29. The van der Waals surface area contributed by atoms with Crippen molar-refractivity contribution in [2.24, 2.45) is 0 Å². The summed E-state index contributed by atoms with van der Waals surface area (Å²) in [7, 11) is 0. The summed E-state index contributed by atoms with van der Waals surface area (Å²) in [5, 5.41) is 3.41. The van der Waals surface area contributed by atoms with Crippen molar-refractivity contribution in [2.45, 2.75) is 0 Å². The number of rotatable bonds is 0. The summed E-state index contributed by atoms with van der Waals surface area (Å²) in [5.74, 6) is 0. The average molecular weight is 191 g/mol. The van der Waals surface area contributed by atoms with Crippen LogP contribution >= 0.6 is 22.7 Å². The molecule has 1 nitrogen and oxygen atoms in total. The molecule has 0 aliphatic rings. The molecule has 1 aromatic carbocycles. The zero-order valence-electron chi connectivity index (χ0n) is 6.15. The maximum Gasteiger partial charge on any atom is 0.0898 e. The van der Waals surface area contributed by atoms with Gasteiger partial charge in [0.15, 0.2) is 0 Å². The molecular formula is C9H5NS2. The minimum absolute atomic E-state index is 1.15. The first-order chi connectivity index (χ1) is 5.95. The molecule has 0 spiro atoms. The topological polar surface area (TPSA) is 12.9 Å². The van der Waals surface area contributed by atoms with Crippen molar-refractivity contribution in [3.8, 4) is 0 Å². The Labute approximate surface area is 77.3 Å². The van der Waals surface area contributed by atoms with E-state index in [2.05, 4.69) is 28.6 Å². The third-order valence-corrected chi connectivity index (χ3v) is 3.61. The highest BCUT2D eigenvalue weighted by atomic mass is 32.1. The van der Waals surface area contributed by atoms with Gasteiger partial charge in [0.1, 0.15) is 0 Å². The minimum atomic E-state index is 1.15. The van der Waals surface area contributed by atoms with Crippen LogP contribution in [0.25, 0.3) is 20.3 Å². The second-order valence-electron chi connectivity index (χ2n) is 2.60. The normalized spacial score (nSPS) is 11.3. The third-order valence-electron chi connectivity index (χ3n) is 1.93. The molecule has 0 saturated carbocycles. The lowest BCUT2D eigenvalue weighted by Gasteiger charge is -1.88. The van der Waals surface area contributed by atoms with Gasteiger partial charge in [-0.3, -0.25) is 0 Å². The molecule has 3 heteroatoms. The van der Waals surface area contributed by atoms with Crippen LogP contribution < -0.4 is 0 Å². The maximum atomic E-state index is 4.34. The Bertz CT molecular complexity index is 486. The number of thiophene rings is 1. The van der Waals surface area contributed by atoms with Crippen LogP contribution in [0.4, 0.5) is 0 Å². The van der Waals surface area contributed by atoms with Crippen molar-refractivity contribution in [3.63, 3.8) is 0 Å². The lowest BCUT2D eigenvalue weighted by molar-refractivity contribution is 1.52. The Kier molecular flexibility index (Phi) is 1.25. The number of fused-ring (bicyclic) bond motifs is 3. The van der Waals surface area contributed by atoms with Crippen molar-refractivity contribution in [1.82, 2.24) is 4.98 Å². The summed E-state index contributed by atoms with van der Waals surface area (Å²) < 4.78 is 2.61. The van der Waals surface area contributed by atoms with Crippen LogP contribution in [0.15, 0.2) is 29.1 Å². The molecule has 0 saturated heterocycles. The van der Waals surface area contributed by atoms with Gasteiger partial charge in [-0.05, 0) is 23.6 Å². The molecule has 0 bridgehead atoms. The van der Waals surface area contributed by atoms with Gasteiger partial charge in [0.2, 0.25) is 0 Å². The Morgan fingerprint density at radius 1 is 1.00 bits per heavy atom. The van der Waals surface area contributed by atoms with Crippen molar-refractivity contribution >= 4 is 43.0 Å². The standard InChI is InChI=1S/C9H5NS2/c1-2-8-9(10-5-12-8)6-3-4-11-7(1)6/h1-5H. The van der Waals surface area contributed by atoms with Crippen LogP contribution in [0.5, 0.6) is 0 Å². The van der Waals surface area contributed by atoms with Gasteiger partial charge in [0, 0.05) is 10.1 Å². The van der Waals surface area contributed by atoms with E-state index in [1.54, 1.807) is 22.7 Å². The van der Waals surface area contributed by atoms with E-state index in [0.29, 0.717) is 0 Å². The van der Waals surface area contributed by atoms with Crippen LogP contribution in [0, 0.1) is 0 Å². The second kappa shape index (κ2) is 2.28. The fourth-order valence-electron chi connectivity index (χ4n) is 1.37. The molecule has 2 heterocycles. The van der Waals surface area contributed by atoms with Gasteiger partial charge in [-0.1, -0.05) is 0 Å². The molecule has 12 heavy (non-hydrogen) atoms. The van der Waals surface area contributed by atoms with Crippen LogP contribution in [-0.4, -0.2) is 4.98 Å². The van der Waals surface area contributed by atoms with Gasteiger partial charge >= 0.3 is 0 Å². The zero-order chi connectivity index (χ0) is 7.97. The van der Waals surface area contributed by atoms with Crippen LogP contribution in [0.3, 0.4) is 0 Å². The van der Waals surface area contributed by atoms with Crippen molar-refractivity contribution in [3.05, 3.63) is 29.1 Å². The van der Waals surface area contributed by atoms with E-state index in [-0.39, 0.29) is 0 Å². The molecule has 3 aromatic rings. The number of hydrogen-bond donors (Lipinski definition) is 0. The van der Waals surface area contributed by atoms with Gasteiger partial charge in [-0.2, -0.15) is 0 Å². The highest BCUT2D eigenvalue weighted by molar-refractivity contribution is 7.18. The van der Waals surface area contributed by atoms with Gasteiger partial charge in [0.25, 0.3) is 0 Å². The minimum Gasteiger partial charge on any atom is -0.244 e. The lowest BCUT2D eigenvalue weighted by Crippen LogP contribution is -1.66. The number of thiazole rings is 1. The number of nitrogens with zero attached hydrogens (tertiary/aromatic N) is 1. The average Bonchev–Trinajstić information content (AvgIpc) is 2.71. The number of hydrogen-bond acceptors (Lipinski definition) is 3. The smallest absolute Gasteiger partial charge is 0.0898 e. The van der Waals surface area contributed by atoms with Crippen LogP contribution in [-0.2, 0) is 0 Å². The van der Waals surface area contributed by atoms with Gasteiger partial charge in [-0.25, -0.2) is 4.98 Å².